The molecule has 0 aliphatic rings. The molecule has 4 nitrogen and oxygen atoms in total. The van der Waals surface area contributed by atoms with E-state index in [1.807, 2.05) is 42.5 Å². The molecule has 4 heteroatoms. The van der Waals surface area contributed by atoms with Crippen LogP contribution in [0.25, 0.3) is 6.08 Å². The summed E-state index contributed by atoms with van der Waals surface area (Å²) in [7, 11) is 1.59. The molecule has 2 aromatic rings. The van der Waals surface area contributed by atoms with E-state index in [1.165, 1.54) is 6.08 Å². The minimum Gasteiger partial charge on any atom is -0.497 e. The first-order chi connectivity index (χ1) is 11.2. The van der Waals surface area contributed by atoms with Crippen molar-refractivity contribution in [2.24, 2.45) is 0 Å². The van der Waals surface area contributed by atoms with Crippen molar-refractivity contribution in [3.63, 3.8) is 0 Å². The fraction of sp³-hybridized carbons (Fsp3) is 0.158. The monoisotopic (exact) mass is 310 g/mol. The van der Waals surface area contributed by atoms with Crippen LogP contribution in [-0.2, 0) is 20.9 Å². The number of ketones is 1. The minimum absolute atomic E-state index is 0.176. The second kappa shape index (κ2) is 8.54. The Morgan fingerprint density at radius 1 is 1.00 bits per heavy atom. The van der Waals surface area contributed by atoms with Crippen molar-refractivity contribution in [3.05, 3.63) is 71.8 Å². The lowest BCUT2D eigenvalue weighted by atomic mass is 10.1. The maximum atomic E-state index is 11.7. The Hall–Kier alpha value is -2.88. The summed E-state index contributed by atoms with van der Waals surface area (Å²) in [6.45, 7) is 0.176. The first-order valence-electron chi connectivity index (χ1n) is 7.22. The topological polar surface area (TPSA) is 52.6 Å². The lowest BCUT2D eigenvalue weighted by Gasteiger charge is -2.03. The van der Waals surface area contributed by atoms with Crippen LogP contribution in [0.15, 0.2) is 60.7 Å². The van der Waals surface area contributed by atoms with Gasteiger partial charge in [0, 0.05) is 0 Å². The average Bonchev–Trinajstić information content (AvgIpc) is 2.59. The zero-order valence-electron chi connectivity index (χ0n) is 12.9. The van der Waals surface area contributed by atoms with Gasteiger partial charge in [-0.15, -0.1) is 0 Å². The normalized spacial score (nSPS) is 10.5. The van der Waals surface area contributed by atoms with Gasteiger partial charge in [0.1, 0.15) is 18.8 Å². The highest BCUT2D eigenvalue weighted by molar-refractivity contribution is 6.03. The summed E-state index contributed by atoms with van der Waals surface area (Å²) >= 11 is 0. The van der Waals surface area contributed by atoms with E-state index < -0.39 is 5.97 Å². The molecule has 0 atom stereocenters. The number of carbonyl (C=O) groups excluding carboxylic acids is 2. The zero-order valence-corrected chi connectivity index (χ0v) is 12.9. The van der Waals surface area contributed by atoms with E-state index in [0.29, 0.717) is 0 Å². The molecule has 2 aromatic carbocycles. The summed E-state index contributed by atoms with van der Waals surface area (Å²) in [4.78, 5) is 23.4. The highest BCUT2D eigenvalue weighted by Gasteiger charge is 2.08. The third-order valence-corrected chi connectivity index (χ3v) is 3.14. The molecular weight excluding hydrogens is 292 g/mol. The zero-order chi connectivity index (χ0) is 16.5. The number of allylic oxidation sites excluding steroid dienone is 1. The highest BCUT2D eigenvalue weighted by Crippen LogP contribution is 2.12. The summed E-state index contributed by atoms with van der Waals surface area (Å²) < 4.78 is 10.1. The van der Waals surface area contributed by atoms with E-state index >= 15 is 0 Å². The van der Waals surface area contributed by atoms with E-state index in [0.717, 1.165) is 16.9 Å². The predicted molar refractivity (Wildman–Crippen MR) is 87.9 cm³/mol. The first-order valence-corrected chi connectivity index (χ1v) is 7.22. The minimum atomic E-state index is -0.529. The lowest BCUT2D eigenvalue weighted by molar-refractivity contribution is -0.146. The molecule has 0 spiro atoms. The maximum Gasteiger partial charge on any atom is 0.314 e. The Kier molecular flexibility index (Phi) is 6.12. The summed E-state index contributed by atoms with van der Waals surface area (Å²) in [6.07, 6.45) is 2.78. The SMILES string of the molecule is COc1ccc(C=CC(=O)CC(=O)OCc2ccccc2)cc1. The van der Waals surface area contributed by atoms with Gasteiger partial charge in [-0.1, -0.05) is 48.5 Å². The van der Waals surface area contributed by atoms with Crippen molar-refractivity contribution < 1.29 is 19.1 Å². The van der Waals surface area contributed by atoms with Crippen molar-refractivity contribution in [1.29, 1.82) is 0 Å². The van der Waals surface area contributed by atoms with Gasteiger partial charge in [-0.2, -0.15) is 0 Å². The lowest BCUT2D eigenvalue weighted by Crippen LogP contribution is -2.09. The van der Waals surface area contributed by atoms with Gasteiger partial charge in [-0.05, 0) is 29.3 Å². The van der Waals surface area contributed by atoms with Crippen LogP contribution in [0, 0.1) is 0 Å². The summed E-state index contributed by atoms with van der Waals surface area (Å²) in [5.41, 5.74) is 1.75. The van der Waals surface area contributed by atoms with Gasteiger partial charge in [0.2, 0.25) is 0 Å². The first kappa shape index (κ1) is 16.5. The fourth-order valence-electron chi connectivity index (χ4n) is 1.89. The number of benzene rings is 2. The number of esters is 1. The predicted octanol–water partition coefficient (Wildman–Crippen LogP) is 3.41. The van der Waals surface area contributed by atoms with Crippen LogP contribution >= 0.6 is 0 Å². The fourth-order valence-corrected chi connectivity index (χ4v) is 1.89. The molecule has 0 amide bonds. The van der Waals surface area contributed by atoms with Crippen molar-refractivity contribution in [2.45, 2.75) is 13.0 Å². The molecule has 0 aromatic heterocycles. The molecule has 0 heterocycles. The molecule has 118 valence electrons. The van der Waals surface area contributed by atoms with Gasteiger partial charge in [0.05, 0.1) is 7.11 Å². The van der Waals surface area contributed by atoms with Gasteiger partial charge in [-0.3, -0.25) is 9.59 Å². The number of rotatable bonds is 7. The quantitative estimate of drug-likeness (QED) is 0.447. The van der Waals surface area contributed by atoms with E-state index in [9.17, 15) is 9.59 Å². The summed E-state index contributed by atoms with van der Waals surface area (Å²) in [5.74, 6) is -0.0740. The molecule has 2 rings (SSSR count). The molecule has 0 saturated heterocycles. The average molecular weight is 310 g/mol. The largest absolute Gasteiger partial charge is 0.497 e. The third kappa shape index (κ3) is 5.79. The molecule has 0 bridgehead atoms. The molecule has 0 saturated carbocycles. The second-order valence-electron chi connectivity index (χ2n) is 4.90. The molecule has 0 radical (unpaired) electrons. The molecule has 0 unspecified atom stereocenters. The second-order valence-corrected chi connectivity index (χ2v) is 4.90. The number of carbonyl (C=O) groups is 2. The van der Waals surface area contributed by atoms with Gasteiger partial charge in [0.25, 0.3) is 0 Å². The van der Waals surface area contributed by atoms with Gasteiger partial charge >= 0.3 is 5.97 Å². The van der Waals surface area contributed by atoms with E-state index in [-0.39, 0.29) is 18.8 Å². The van der Waals surface area contributed by atoms with Crippen molar-refractivity contribution in [2.75, 3.05) is 7.11 Å². The third-order valence-electron chi connectivity index (χ3n) is 3.14. The van der Waals surface area contributed by atoms with Crippen LogP contribution in [0.1, 0.15) is 17.5 Å². The summed E-state index contributed by atoms with van der Waals surface area (Å²) in [6, 6.07) is 16.6. The summed E-state index contributed by atoms with van der Waals surface area (Å²) in [5, 5.41) is 0. The maximum absolute atomic E-state index is 11.7. The Morgan fingerprint density at radius 3 is 2.35 bits per heavy atom. The molecular formula is C19H18O4. The number of ether oxygens (including phenoxy) is 2. The standard InChI is InChI=1S/C19H18O4/c1-22-18-11-8-15(9-12-18)7-10-17(20)13-19(21)23-14-16-5-3-2-4-6-16/h2-12H,13-14H2,1H3. The highest BCUT2D eigenvalue weighted by atomic mass is 16.5. The Balaban J connectivity index is 1.79. The van der Waals surface area contributed by atoms with Crippen LogP contribution < -0.4 is 4.74 Å². The molecule has 0 fully saturated rings. The van der Waals surface area contributed by atoms with Crippen LogP contribution in [0.5, 0.6) is 5.75 Å². The van der Waals surface area contributed by atoms with E-state index in [1.54, 1.807) is 25.3 Å². The Bertz CT molecular complexity index is 672. The van der Waals surface area contributed by atoms with Crippen LogP contribution in [0.3, 0.4) is 0 Å². The van der Waals surface area contributed by atoms with Crippen molar-refractivity contribution in [3.8, 4) is 5.75 Å². The van der Waals surface area contributed by atoms with E-state index in [2.05, 4.69) is 0 Å². The van der Waals surface area contributed by atoms with Gasteiger partial charge < -0.3 is 9.47 Å². The van der Waals surface area contributed by atoms with Crippen molar-refractivity contribution >= 4 is 17.8 Å². The van der Waals surface area contributed by atoms with E-state index in [4.69, 9.17) is 9.47 Å². The Morgan fingerprint density at radius 2 is 1.70 bits per heavy atom. The smallest absolute Gasteiger partial charge is 0.314 e. The number of hydrogen-bond donors (Lipinski definition) is 0. The molecule has 0 aliphatic carbocycles. The van der Waals surface area contributed by atoms with Crippen LogP contribution in [0.4, 0.5) is 0 Å². The number of methoxy groups -OCH3 is 1. The van der Waals surface area contributed by atoms with Gasteiger partial charge in [-0.25, -0.2) is 0 Å². The molecule has 0 aliphatic heterocycles. The van der Waals surface area contributed by atoms with Crippen LogP contribution in [-0.4, -0.2) is 18.9 Å². The Labute approximate surface area is 135 Å². The van der Waals surface area contributed by atoms with Gasteiger partial charge in [0.15, 0.2) is 5.78 Å². The van der Waals surface area contributed by atoms with Crippen molar-refractivity contribution in [1.82, 2.24) is 0 Å². The van der Waals surface area contributed by atoms with Crippen LogP contribution in [0.2, 0.25) is 0 Å². The molecule has 0 N–H and O–H groups in total. The molecule has 23 heavy (non-hydrogen) atoms. The number of hydrogen-bond acceptors (Lipinski definition) is 4.